The molecule has 0 spiro atoms. The van der Waals surface area contributed by atoms with Crippen LogP contribution in [-0.2, 0) is 0 Å². The van der Waals surface area contributed by atoms with Gasteiger partial charge in [0.15, 0.2) is 0 Å². The fourth-order valence-electron chi connectivity index (χ4n) is 2.33. The van der Waals surface area contributed by atoms with Gasteiger partial charge < -0.3 is 10.5 Å². The van der Waals surface area contributed by atoms with E-state index in [9.17, 15) is 14.0 Å². The van der Waals surface area contributed by atoms with Crippen molar-refractivity contribution in [1.82, 2.24) is 4.98 Å². The molecule has 3 rings (SSSR count). The van der Waals surface area contributed by atoms with Gasteiger partial charge in [0.05, 0.1) is 6.20 Å². The molecule has 0 aliphatic rings. The number of carbonyl (C=O) groups is 2. The summed E-state index contributed by atoms with van der Waals surface area (Å²) in [5, 5.41) is 0. The SMILES string of the molecule is NC(=O)c1cc(F)cnc1Oc1cccc(-c2cccc(C=O)c2)c1. The number of aldehydes is 1. The highest BCUT2D eigenvalue weighted by Gasteiger charge is 2.14. The van der Waals surface area contributed by atoms with Crippen LogP contribution < -0.4 is 10.5 Å². The lowest BCUT2D eigenvalue weighted by Gasteiger charge is -2.10. The minimum atomic E-state index is -0.836. The van der Waals surface area contributed by atoms with Crippen LogP contribution in [0.2, 0.25) is 0 Å². The predicted octanol–water partition coefficient (Wildman–Crippen LogP) is 3.59. The number of nitrogens with two attached hydrogens (primary N) is 1. The molecule has 1 aromatic heterocycles. The lowest BCUT2D eigenvalue weighted by atomic mass is 10.0. The Bertz CT molecular complexity index is 957. The maximum absolute atomic E-state index is 13.2. The van der Waals surface area contributed by atoms with Crippen molar-refractivity contribution in [2.75, 3.05) is 0 Å². The molecule has 25 heavy (non-hydrogen) atoms. The number of pyridine rings is 1. The number of hydrogen-bond acceptors (Lipinski definition) is 4. The summed E-state index contributed by atoms with van der Waals surface area (Å²) < 4.78 is 18.8. The normalized spacial score (nSPS) is 10.3. The van der Waals surface area contributed by atoms with E-state index >= 15 is 0 Å². The molecule has 0 aliphatic heterocycles. The number of hydrogen-bond donors (Lipinski definition) is 1. The Hall–Kier alpha value is -3.54. The number of aromatic nitrogens is 1. The Labute approximate surface area is 142 Å². The fourth-order valence-corrected chi connectivity index (χ4v) is 2.33. The standard InChI is InChI=1S/C19H13FN2O3/c20-15-9-17(18(21)24)19(22-10-15)25-16-6-2-5-14(8-16)13-4-1-3-12(7-13)11-23/h1-11H,(H2,21,24). The van der Waals surface area contributed by atoms with Crippen LogP contribution in [0.5, 0.6) is 11.6 Å². The Morgan fingerprint density at radius 2 is 1.80 bits per heavy atom. The number of benzene rings is 2. The van der Waals surface area contributed by atoms with E-state index in [-0.39, 0.29) is 11.4 Å². The molecule has 0 bridgehead atoms. The molecule has 1 amide bonds. The third-order valence-corrected chi connectivity index (χ3v) is 3.49. The Morgan fingerprint density at radius 3 is 2.52 bits per heavy atom. The monoisotopic (exact) mass is 336 g/mol. The van der Waals surface area contributed by atoms with Crippen LogP contribution in [0.4, 0.5) is 4.39 Å². The lowest BCUT2D eigenvalue weighted by molar-refractivity contribution is 0.0996. The topological polar surface area (TPSA) is 82.3 Å². The van der Waals surface area contributed by atoms with E-state index < -0.39 is 11.7 Å². The minimum absolute atomic E-state index is 0.0762. The highest BCUT2D eigenvalue weighted by molar-refractivity contribution is 5.95. The molecule has 2 N–H and O–H groups in total. The summed E-state index contributed by atoms with van der Waals surface area (Å²) in [4.78, 5) is 26.1. The second-order valence-corrected chi connectivity index (χ2v) is 5.24. The number of amides is 1. The second kappa shape index (κ2) is 6.92. The first-order valence-corrected chi connectivity index (χ1v) is 7.35. The number of ether oxygens (including phenoxy) is 1. The molecule has 1 heterocycles. The summed E-state index contributed by atoms with van der Waals surface area (Å²) in [6, 6.07) is 15.1. The van der Waals surface area contributed by atoms with Gasteiger partial charge in [0.2, 0.25) is 5.88 Å². The van der Waals surface area contributed by atoms with E-state index in [1.165, 1.54) is 0 Å². The average molecular weight is 336 g/mol. The van der Waals surface area contributed by atoms with Crippen molar-refractivity contribution in [2.24, 2.45) is 5.73 Å². The zero-order valence-electron chi connectivity index (χ0n) is 13.0. The van der Waals surface area contributed by atoms with Crippen molar-refractivity contribution in [2.45, 2.75) is 0 Å². The van der Waals surface area contributed by atoms with E-state index in [1.54, 1.807) is 36.4 Å². The van der Waals surface area contributed by atoms with Crippen LogP contribution in [0.25, 0.3) is 11.1 Å². The molecule has 3 aromatic rings. The summed E-state index contributed by atoms with van der Waals surface area (Å²) in [6.07, 6.45) is 1.71. The highest BCUT2D eigenvalue weighted by Crippen LogP contribution is 2.28. The number of halogens is 1. The van der Waals surface area contributed by atoms with E-state index in [0.717, 1.165) is 29.7 Å². The van der Waals surface area contributed by atoms with Gasteiger partial charge in [-0.15, -0.1) is 0 Å². The van der Waals surface area contributed by atoms with Crippen LogP contribution in [0.15, 0.2) is 60.8 Å². The molecule has 0 saturated heterocycles. The smallest absolute Gasteiger partial charge is 0.254 e. The summed E-state index contributed by atoms with van der Waals surface area (Å²) in [5.74, 6) is -1.19. The summed E-state index contributed by atoms with van der Waals surface area (Å²) >= 11 is 0. The molecule has 0 aliphatic carbocycles. The molecule has 0 saturated carbocycles. The maximum atomic E-state index is 13.2. The van der Waals surface area contributed by atoms with Crippen molar-refractivity contribution >= 4 is 12.2 Å². The van der Waals surface area contributed by atoms with Gasteiger partial charge in [0, 0.05) is 5.56 Å². The molecule has 6 heteroatoms. The molecule has 2 aromatic carbocycles. The van der Waals surface area contributed by atoms with Gasteiger partial charge in [-0.2, -0.15) is 0 Å². The second-order valence-electron chi connectivity index (χ2n) is 5.24. The van der Waals surface area contributed by atoms with Gasteiger partial charge in [-0.1, -0.05) is 30.3 Å². The molecule has 0 radical (unpaired) electrons. The predicted molar refractivity (Wildman–Crippen MR) is 90.1 cm³/mol. The molecule has 0 atom stereocenters. The third kappa shape index (κ3) is 3.69. The third-order valence-electron chi connectivity index (χ3n) is 3.49. The molecule has 124 valence electrons. The molecular formula is C19H13FN2O3. The van der Waals surface area contributed by atoms with E-state index in [0.29, 0.717) is 11.3 Å². The lowest BCUT2D eigenvalue weighted by Crippen LogP contribution is -2.13. The number of rotatable bonds is 5. The Balaban J connectivity index is 1.95. The first kappa shape index (κ1) is 16.3. The summed E-state index contributed by atoms with van der Waals surface area (Å²) in [5.41, 5.74) is 7.28. The van der Waals surface area contributed by atoms with Crippen LogP contribution in [0.1, 0.15) is 20.7 Å². The minimum Gasteiger partial charge on any atom is -0.438 e. The van der Waals surface area contributed by atoms with Crippen LogP contribution in [-0.4, -0.2) is 17.2 Å². The number of nitrogens with zero attached hydrogens (tertiary/aromatic N) is 1. The Kier molecular flexibility index (Phi) is 4.52. The highest BCUT2D eigenvalue weighted by atomic mass is 19.1. The fraction of sp³-hybridized carbons (Fsp3) is 0. The van der Waals surface area contributed by atoms with Crippen LogP contribution >= 0.6 is 0 Å². The van der Waals surface area contributed by atoms with Crippen molar-refractivity contribution in [3.63, 3.8) is 0 Å². The van der Waals surface area contributed by atoms with Gasteiger partial charge in [0.1, 0.15) is 23.4 Å². The molecule has 0 fully saturated rings. The van der Waals surface area contributed by atoms with Gasteiger partial charge in [-0.25, -0.2) is 9.37 Å². The van der Waals surface area contributed by atoms with Gasteiger partial charge in [0.25, 0.3) is 5.91 Å². The van der Waals surface area contributed by atoms with Crippen LogP contribution in [0, 0.1) is 5.82 Å². The molecular weight excluding hydrogens is 323 g/mol. The van der Waals surface area contributed by atoms with Crippen molar-refractivity contribution in [3.05, 3.63) is 77.7 Å². The van der Waals surface area contributed by atoms with Crippen molar-refractivity contribution in [3.8, 4) is 22.8 Å². The zero-order chi connectivity index (χ0) is 17.8. The van der Waals surface area contributed by atoms with Crippen molar-refractivity contribution in [1.29, 1.82) is 0 Å². The van der Waals surface area contributed by atoms with Gasteiger partial charge >= 0.3 is 0 Å². The zero-order valence-corrected chi connectivity index (χ0v) is 13.0. The van der Waals surface area contributed by atoms with Crippen LogP contribution in [0.3, 0.4) is 0 Å². The molecule has 5 nitrogen and oxygen atoms in total. The maximum Gasteiger partial charge on any atom is 0.254 e. The first-order valence-electron chi connectivity index (χ1n) is 7.35. The quantitative estimate of drug-likeness (QED) is 0.722. The van der Waals surface area contributed by atoms with E-state index in [4.69, 9.17) is 10.5 Å². The van der Waals surface area contributed by atoms with E-state index in [2.05, 4.69) is 4.98 Å². The van der Waals surface area contributed by atoms with Gasteiger partial charge in [-0.3, -0.25) is 9.59 Å². The first-order chi connectivity index (χ1) is 12.1. The Morgan fingerprint density at radius 1 is 1.08 bits per heavy atom. The summed E-state index contributed by atoms with van der Waals surface area (Å²) in [6.45, 7) is 0. The average Bonchev–Trinajstić information content (AvgIpc) is 2.63. The number of primary amides is 1. The van der Waals surface area contributed by atoms with E-state index in [1.807, 2.05) is 12.1 Å². The van der Waals surface area contributed by atoms with Crippen molar-refractivity contribution < 1.29 is 18.7 Å². The van der Waals surface area contributed by atoms with Gasteiger partial charge in [-0.05, 0) is 35.4 Å². The molecule has 0 unspecified atom stereocenters. The largest absolute Gasteiger partial charge is 0.438 e. The summed E-state index contributed by atoms with van der Waals surface area (Å²) in [7, 11) is 0. The number of carbonyl (C=O) groups excluding carboxylic acids is 2.